The first-order chi connectivity index (χ1) is 7.45. The van der Waals surface area contributed by atoms with Crippen LogP contribution >= 0.6 is 0 Å². The quantitative estimate of drug-likeness (QED) is 0.738. The third-order valence-electron chi connectivity index (χ3n) is 2.23. The van der Waals surface area contributed by atoms with Crippen molar-refractivity contribution >= 4 is 5.97 Å². The Morgan fingerprint density at radius 1 is 1.19 bits per heavy atom. The molecule has 0 N–H and O–H groups in total. The standard InChI is InChI=1S/C13H18O3/c1-8(2)16-12-9(3)6-11(7-10(12)4)13(14)15-5/h6-8H,1-5H3. The second-order valence-electron chi connectivity index (χ2n) is 4.10. The maximum atomic E-state index is 11.4. The van der Waals surface area contributed by atoms with E-state index in [1.807, 2.05) is 27.7 Å². The highest BCUT2D eigenvalue weighted by molar-refractivity contribution is 5.90. The van der Waals surface area contributed by atoms with E-state index >= 15 is 0 Å². The van der Waals surface area contributed by atoms with Crippen LogP contribution in [0.3, 0.4) is 0 Å². The van der Waals surface area contributed by atoms with E-state index in [0.717, 1.165) is 16.9 Å². The van der Waals surface area contributed by atoms with Gasteiger partial charge in [0.1, 0.15) is 5.75 Å². The monoisotopic (exact) mass is 222 g/mol. The Kier molecular flexibility index (Phi) is 3.93. The van der Waals surface area contributed by atoms with E-state index in [1.54, 1.807) is 12.1 Å². The lowest BCUT2D eigenvalue weighted by Gasteiger charge is -2.15. The second kappa shape index (κ2) is 5.01. The van der Waals surface area contributed by atoms with Crippen LogP contribution in [0.4, 0.5) is 0 Å². The van der Waals surface area contributed by atoms with Crippen molar-refractivity contribution in [2.75, 3.05) is 7.11 Å². The molecule has 0 saturated carbocycles. The maximum Gasteiger partial charge on any atom is 0.337 e. The molecular formula is C13H18O3. The Balaban J connectivity index is 3.12. The van der Waals surface area contributed by atoms with Crippen LogP contribution in [0.2, 0.25) is 0 Å². The Morgan fingerprint density at radius 2 is 1.69 bits per heavy atom. The minimum Gasteiger partial charge on any atom is -0.490 e. The van der Waals surface area contributed by atoms with Crippen molar-refractivity contribution in [2.24, 2.45) is 0 Å². The summed E-state index contributed by atoms with van der Waals surface area (Å²) in [6.07, 6.45) is 0.126. The van der Waals surface area contributed by atoms with Gasteiger partial charge in [0, 0.05) is 0 Å². The van der Waals surface area contributed by atoms with Gasteiger partial charge in [-0.1, -0.05) is 0 Å². The molecule has 0 radical (unpaired) electrons. The fraction of sp³-hybridized carbons (Fsp3) is 0.462. The highest BCUT2D eigenvalue weighted by Gasteiger charge is 2.12. The van der Waals surface area contributed by atoms with Crippen molar-refractivity contribution in [3.05, 3.63) is 28.8 Å². The number of esters is 1. The van der Waals surface area contributed by atoms with Crippen molar-refractivity contribution in [3.63, 3.8) is 0 Å². The molecule has 0 bridgehead atoms. The average molecular weight is 222 g/mol. The fourth-order valence-electron chi connectivity index (χ4n) is 1.61. The molecule has 0 saturated heterocycles. The van der Waals surface area contributed by atoms with E-state index in [0.29, 0.717) is 5.56 Å². The zero-order valence-electron chi connectivity index (χ0n) is 10.5. The fourth-order valence-corrected chi connectivity index (χ4v) is 1.61. The normalized spacial score (nSPS) is 10.4. The Bertz CT molecular complexity index is 371. The van der Waals surface area contributed by atoms with Gasteiger partial charge < -0.3 is 9.47 Å². The molecule has 0 amide bonds. The Labute approximate surface area is 96.4 Å². The third kappa shape index (κ3) is 2.75. The number of aryl methyl sites for hydroxylation is 2. The molecule has 1 aromatic carbocycles. The number of carbonyl (C=O) groups is 1. The van der Waals surface area contributed by atoms with E-state index in [-0.39, 0.29) is 12.1 Å². The van der Waals surface area contributed by atoms with Gasteiger partial charge in [0.2, 0.25) is 0 Å². The number of hydrogen-bond acceptors (Lipinski definition) is 3. The molecule has 0 unspecified atom stereocenters. The number of methoxy groups -OCH3 is 1. The van der Waals surface area contributed by atoms with Gasteiger partial charge >= 0.3 is 5.97 Å². The highest BCUT2D eigenvalue weighted by atomic mass is 16.5. The topological polar surface area (TPSA) is 35.5 Å². The van der Waals surface area contributed by atoms with Crippen molar-refractivity contribution in [1.29, 1.82) is 0 Å². The van der Waals surface area contributed by atoms with E-state index < -0.39 is 0 Å². The van der Waals surface area contributed by atoms with E-state index in [9.17, 15) is 4.79 Å². The van der Waals surface area contributed by atoms with Gasteiger partial charge in [0.25, 0.3) is 0 Å². The molecule has 0 aromatic heterocycles. The van der Waals surface area contributed by atoms with Crippen molar-refractivity contribution in [1.82, 2.24) is 0 Å². The molecule has 0 heterocycles. The van der Waals surface area contributed by atoms with Crippen molar-refractivity contribution < 1.29 is 14.3 Å². The van der Waals surface area contributed by atoms with Crippen LogP contribution in [0.1, 0.15) is 35.3 Å². The van der Waals surface area contributed by atoms with Gasteiger partial charge in [-0.2, -0.15) is 0 Å². The molecule has 3 heteroatoms. The SMILES string of the molecule is COC(=O)c1cc(C)c(OC(C)C)c(C)c1. The van der Waals surface area contributed by atoms with Crippen molar-refractivity contribution in [3.8, 4) is 5.75 Å². The predicted octanol–water partition coefficient (Wildman–Crippen LogP) is 2.88. The number of ether oxygens (including phenoxy) is 2. The van der Waals surface area contributed by atoms with Gasteiger partial charge in [-0.15, -0.1) is 0 Å². The van der Waals surface area contributed by atoms with Crippen LogP contribution in [0.5, 0.6) is 5.75 Å². The number of benzene rings is 1. The summed E-state index contributed by atoms with van der Waals surface area (Å²) in [6, 6.07) is 3.58. The smallest absolute Gasteiger partial charge is 0.337 e. The minimum atomic E-state index is -0.317. The minimum absolute atomic E-state index is 0.126. The van der Waals surface area contributed by atoms with Gasteiger partial charge in [0.15, 0.2) is 0 Å². The number of hydrogen-bond donors (Lipinski definition) is 0. The lowest BCUT2D eigenvalue weighted by atomic mass is 10.1. The highest BCUT2D eigenvalue weighted by Crippen LogP contribution is 2.26. The summed E-state index contributed by atoms with van der Waals surface area (Å²) in [5.74, 6) is 0.532. The lowest BCUT2D eigenvalue weighted by molar-refractivity contribution is 0.0600. The largest absolute Gasteiger partial charge is 0.490 e. The molecule has 0 aliphatic rings. The van der Waals surface area contributed by atoms with Crippen molar-refractivity contribution in [2.45, 2.75) is 33.8 Å². The van der Waals surface area contributed by atoms with Crippen LogP contribution in [-0.4, -0.2) is 19.2 Å². The first-order valence-corrected chi connectivity index (χ1v) is 5.32. The summed E-state index contributed by atoms with van der Waals surface area (Å²) in [5, 5.41) is 0. The maximum absolute atomic E-state index is 11.4. The summed E-state index contributed by atoms with van der Waals surface area (Å²) in [4.78, 5) is 11.4. The number of rotatable bonds is 3. The molecule has 1 rings (SSSR count). The first-order valence-electron chi connectivity index (χ1n) is 5.32. The van der Waals surface area contributed by atoms with E-state index in [4.69, 9.17) is 4.74 Å². The predicted molar refractivity (Wildman–Crippen MR) is 63.0 cm³/mol. The summed E-state index contributed by atoms with van der Waals surface area (Å²) < 4.78 is 10.4. The van der Waals surface area contributed by atoms with Crippen LogP contribution in [0.25, 0.3) is 0 Å². The summed E-state index contributed by atoms with van der Waals surface area (Å²) >= 11 is 0. The van der Waals surface area contributed by atoms with Crippen LogP contribution in [0, 0.1) is 13.8 Å². The first kappa shape index (κ1) is 12.6. The molecule has 0 aliphatic carbocycles. The van der Waals surface area contributed by atoms with Crippen LogP contribution in [0.15, 0.2) is 12.1 Å². The van der Waals surface area contributed by atoms with Gasteiger partial charge in [-0.25, -0.2) is 4.79 Å². The molecule has 1 aromatic rings. The molecule has 0 atom stereocenters. The molecule has 0 fully saturated rings. The zero-order chi connectivity index (χ0) is 12.3. The molecule has 16 heavy (non-hydrogen) atoms. The van der Waals surface area contributed by atoms with E-state index in [1.165, 1.54) is 7.11 Å². The van der Waals surface area contributed by atoms with Gasteiger partial charge in [-0.05, 0) is 51.0 Å². The third-order valence-corrected chi connectivity index (χ3v) is 2.23. The molecule has 88 valence electrons. The van der Waals surface area contributed by atoms with Crippen LogP contribution in [-0.2, 0) is 4.74 Å². The molecule has 0 spiro atoms. The summed E-state index contributed by atoms with van der Waals surface area (Å²) in [7, 11) is 1.38. The van der Waals surface area contributed by atoms with Gasteiger partial charge in [0.05, 0.1) is 18.8 Å². The molecule has 0 aliphatic heterocycles. The number of carbonyl (C=O) groups excluding carboxylic acids is 1. The summed E-state index contributed by atoms with van der Waals surface area (Å²) in [5.41, 5.74) is 2.47. The van der Waals surface area contributed by atoms with Gasteiger partial charge in [-0.3, -0.25) is 0 Å². The molecular weight excluding hydrogens is 204 g/mol. The zero-order valence-corrected chi connectivity index (χ0v) is 10.5. The van der Waals surface area contributed by atoms with Crippen LogP contribution < -0.4 is 4.74 Å². The Hall–Kier alpha value is -1.51. The summed E-state index contributed by atoms with van der Waals surface area (Å²) in [6.45, 7) is 7.81. The Morgan fingerprint density at radius 3 is 2.06 bits per heavy atom. The second-order valence-corrected chi connectivity index (χ2v) is 4.10. The van der Waals surface area contributed by atoms with E-state index in [2.05, 4.69) is 4.74 Å². The lowest BCUT2D eigenvalue weighted by Crippen LogP contribution is -2.09. The average Bonchev–Trinajstić information content (AvgIpc) is 2.21. The molecule has 3 nitrogen and oxygen atoms in total.